The Labute approximate surface area is 121 Å². The van der Waals surface area contributed by atoms with E-state index in [9.17, 15) is 9.90 Å². The van der Waals surface area contributed by atoms with Gasteiger partial charge in [0.05, 0.1) is 16.7 Å². The number of hydrogen-bond donors (Lipinski definition) is 3. The van der Waals surface area contributed by atoms with Crippen LogP contribution in [0.1, 0.15) is 6.42 Å². The van der Waals surface area contributed by atoms with E-state index >= 15 is 0 Å². The zero-order valence-electron chi connectivity index (χ0n) is 10.7. The number of anilines is 1. The lowest BCUT2D eigenvalue weighted by atomic mass is 10.3. The maximum Gasteiger partial charge on any atom is 0.238 e. The van der Waals surface area contributed by atoms with Gasteiger partial charge in [0.15, 0.2) is 5.75 Å². The molecule has 0 atom stereocenters. The second-order valence-electron chi connectivity index (χ2n) is 4.56. The first-order valence-corrected chi connectivity index (χ1v) is 7.16. The van der Waals surface area contributed by atoms with Crippen LogP contribution in [0.5, 0.6) is 5.75 Å². The summed E-state index contributed by atoms with van der Waals surface area (Å²) in [7, 11) is 0. The third kappa shape index (κ3) is 4.19. The summed E-state index contributed by atoms with van der Waals surface area (Å²) in [4.78, 5) is 14.1. The number of phenols is 1. The van der Waals surface area contributed by atoms with Crippen molar-refractivity contribution in [1.29, 1.82) is 0 Å². The van der Waals surface area contributed by atoms with Crippen molar-refractivity contribution in [2.45, 2.75) is 6.42 Å². The monoisotopic (exact) mass is 327 g/mol. The van der Waals surface area contributed by atoms with Crippen LogP contribution < -0.4 is 10.6 Å². The summed E-state index contributed by atoms with van der Waals surface area (Å²) >= 11 is 3.22. The number of carbonyl (C=O) groups excluding carboxylic acids is 1. The van der Waals surface area contributed by atoms with Gasteiger partial charge in [0.1, 0.15) is 0 Å². The molecule has 1 aliphatic heterocycles. The number of nitrogens with zero attached hydrogens (tertiary/aromatic N) is 1. The molecule has 0 aliphatic carbocycles. The Morgan fingerprint density at radius 3 is 3.11 bits per heavy atom. The Kier molecular flexibility index (Phi) is 5.18. The maximum absolute atomic E-state index is 12.0. The number of aromatic hydroxyl groups is 1. The minimum absolute atomic E-state index is 0.0633. The van der Waals surface area contributed by atoms with Gasteiger partial charge in [-0.3, -0.25) is 9.69 Å². The van der Waals surface area contributed by atoms with E-state index in [2.05, 4.69) is 31.5 Å². The zero-order chi connectivity index (χ0) is 13.7. The average molecular weight is 328 g/mol. The fourth-order valence-electron chi connectivity index (χ4n) is 2.07. The predicted molar refractivity (Wildman–Crippen MR) is 78.4 cm³/mol. The number of halogens is 1. The Morgan fingerprint density at radius 1 is 1.42 bits per heavy atom. The molecule has 0 spiro atoms. The van der Waals surface area contributed by atoms with Gasteiger partial charge in [-0.05, 0) is 47.6 Å². The van der Waals surface area contributed by atoms with Crippen molar-refractivity contribution in [3.8, 4) is 5.75 Å². The maximum atomic E-state index is 12.0. The summed E-state index contributed by atoms with van der Waals surface area (Å²) < 4.78 is 0.573. The largest absolute Gasteiger partial charge is 0.505 e. The molecule has 6 heteroatoms. The molecule has 1 heterocycles. The fourth-order valence-corrected chi connectivity index (χ4v) is 2.43. The van der Waals surface area contributed by atoms with E-state index in [0.29, 0.717) is 16.7 Å². The molecule has 1 fully saturated rings. The topological polar surface area (TPSA) is 64.6 Å². The molecule has 0 radical (unpaired) electrons. The number of carbonyl (C=O) groups is 1. The molecule has 5 nitrogen and oxygen atoms in total. The Bertz CT molecular complexity index is 446. The zero-order valence-corrected chi connectivity index (χ0v) is 12.2. The van der Waals surface area contributed by atoms with Crippen LogP contribution in [0.15, 0.2) is 22.7 Å². The first-order valence-electron chi connectivity index (χ1n) is 6.37. The molecular formula is C13H18BrN3O2. The van der Waals surface area contributed by atoms with Crippen molar-refractivity contribution >= 4 is 27.5 Å². The van der Waals surface area contributed by atoms with Crippen molar-refractivity contribution < 1.29 is 9.90 Å². The average Bonchev–Trinajstić information content (AvgIpc) is 2.63. The van der Waals surface area contributed by atoms with E-state index in [1.165, 1.54) is 0 Å². The second kappa shape index (κ2) is 6.88. The van der Waals surface area contributed by atoms with Crippen LogP contribution in [-0.4, -0.2) is 48.6 Å². The summed E-state index contributed by atoms with van der Waals surface area (Å²) in [6, 6.07) is 5.18. The quantitative estimate of drug-likeness (QED) is 0.734. The highest BCUT2D eigenvalue weighted by molar-refractivity contribution is 9.10. The highest BCUT2D eigenvalue weighted by atomic mass is 79.9. The molecule has 0 bridgehead atoms. The second-order valence-corrected chi connectivity index (χ2v) is 5.42. The highest BCUT2D eigenvalue weighted by Gasteiger charge is 2.14. The number of hydrogen-bond acceptors (Lipinski definition) is 4. The lowest BCUT2D eigenvalue weighted by Gasteiger charge is -2.18. The molecule has 1 aliphatic rings. The molecule has 1 saturated heterocycles. The van der Waals surface area contributed by atoms with Crippen molar-refractivity contribution in [3.63, 3.8) is 0 Å². The molecular weight excluding hydrogens is 310 g/mol. The summed E-state index contributed by atoms with van der Waals surface area (Å²) in [5, 5.41) is 15.8. The van der Waals surface area contributed by atoms with Gasteiger partial charge in [-0.25, -0.2) is 0 Å². The van der Waals surface area contributed by atoms with Crippen LogP contribution >= 0.6 is 15.9 Å². The van der Waals surface area contributed by atoms with Gasteiger partial charge >= 0.3 is 0 Å². The van der Waals surface area contributed by atoms with Crippen molar-refractivity contribution in [3.05, 3.63) is 22.7 Å². The van der Waals surface area contributed by atoms with Gasteiger partial charge in [0, 0.05) is 13.1 Å². The van der Waals surface area contributed by atoms with Crippen LogP contribution in [0, 0.1) is 0 Å². The van der Waals surface area contributed by atoms with Crippen molar-refractivity contribution in [1.82, 2.24) is 10.2 Å². The van der Waals surface area contributed by atoms with Crippen LogP contribution in [-0.2, 0) is 4.79 Å². The molecule has 1 aromatic carbocycles. The van der Waals surface area contributed by atoms with Gasteiger partial charge in [0.25, 0.3) is 0 Å². The molecule has 3 N–H and O–H groups in total. The minimum Gasteiger partial charge on any atom is -0.505 e. The summed E-state index contributed by atoms with van der Waals surface area (Å²) in [5.74, 6) is -0.0383. The molecule has 0 unspecified atom stereocenters. The minimum atomic E-state index is -0.102. The number of amides is 1. The van der Waals surface area contributed by atoms with E-state index in [-0.39, 0.29) is 11.7 Å². The molecule has 19 heavy (non-hydrogen) atoms. The van der Waals surface area contributed by atoms with Crippen LogP contribution in [0.25, 0.3) is 0 Å². The van der Waals surface area contributed by atoms with E-state index in [1.807, 2.05) is 0 Å². The molecule has 2 rings (SSSR count). The van der Waals surface area contributed by atoms with E-state index < -0.39 is 0 Å². The molecule has 0 aromatic heterocycles. The molecule has 0 saturated carbocycles. The summed E-state index contributed by atoms with van der Waals surface area (Å²) in [6.45, 7) is 4.07. The number of phenolic OH excluding ortho intramolecular Hbond substituents is 1. The lowest BCUT2D eigenvalue weighted by molar-refractivity contribution is -0.117. The fraction of sp³-hybridized carbons (Fsp3) is 0.462. The van der Waals surface area contributed by atoms with Crippen LogP contribution in [0.4, 0.5) is 5.69 Å². The van der Waals surface area contributed by atoms with Gasteiger partial charge in [0.2, 0.25) is 5.91 Å². The lowest BCUT2D eigenvalue weighted by Crippen LogP contribution is -2.35. The third-order valence-corrected chi connectivity index (χ3v) is 3.70. The highest BCUT2D eigenvalue weighted by Crippen LogP contribution is 2.31. The molecule has 1 aromatic rings. The number of para-hydroxylation sites is 1. The smallest absolute Gasteiger partial charge is 0.238 e. The van der Waals surface area contributed by atoms with E-state index in [0.717, 1.165) is 32.6 Å². The van der Waals surface area contributed by atoms with Gasteiger partial charge in [-0.1, -0.05) is 6.07 Å². The number of benzene rings is 1. The van der Waals surface area contributed by atoms with Gasteiger partial charge in [-0.2, -0.15) is 0 Å². The number of nitrogens with one attached hydrogen (secondary N) is 2. The SMILES string of the molecule is O=C(CN1CCCNCC1)Nc1cccc(Br)c1O. The van der Waals surface area contributed by atoms with E-state index in [4.69, 9.17) is 0 Å². The molecule has 1 amide bonds. The normalized spacial score (nSPS) is 16.9. The van der Waals surface area contributed by atoms with Gasteiger partial charge < -0.3 is 15.7 Å². The summed E-state index contributed by atoms with van der Waals surface area (Å²) in [6.07, 6.45) is 1.05. The summed E-state index contributed by atoms with van der Waals surface area (Å²) in [5.41, 5.74) is 0.437. The Balaban J connectivity index is 1.91. The Morgan fingerprint density at radius 2 is 2.26 bits per heavy atom. The van der Waals surface area contributed by atoms with E-state index in [1.54, 1.807) is 18.2 Å². The predicted octanol–water partition coefficient (Wildman–Crippen LogP) is 1.39. The third-order valence-electron chi connectivity index (χ3n) is 3.06. The standard InChI is InChI=1S/C13H18BrN3O2/c14-10-3-1-4-11(13(10)19)16-12(18)9-17-7-2-5-15-6-8-17/h1,3-4,15,19H,2,5-9H2,(H,16,18). The molecule has 104 valence electrons. The first-order chi connectivity index (χ1) is 9.16. The van der Waals surface area contributed by atoms with Crippen LogP contribution in [0.3, 0.4) is 0 Å². The van der Waals surface area contributed by atoms with Crippen molar-refractivity contribution in [2.75, 3.05) is 38.0 Å². The first kappa shape index (κ1) is 14.3. The van der Waals surface area contributed by atoms with Crippen molar-refractivity contribution in [2.24, 2.45) is 0 Å². The Hall–Kier alpha value is -1.11. The van der Waals surface area contributed by atoms with Gasteiger partial charge in [-0.15, -0.1) is 0 Å². The number of rotatable bonds is 3. The van der Waals surface area contributed by atoms with Crippen LogP contribution in [0.2, 0.25) is 0 Å².